The number of nitrogens with one attached hydrogen (secondary N) is 1. The minimum atomic E-state index is -4.71. The molecule has 0 radical (unpaired) electrons. The van der Waals surface area contributed by atoms with Gasteiger partial charge in [0.1, 0.15) is 22.1 Å². The van der Waals surface area contributed by atoms with Crippen molar-refractivity contribution in [2.45, 2.75) is 57.7 Å². The Hall–Kier alpha value is -3.25. The van der Waals surface area contributed by atoms with Gasteiger partial charge in [-0.25, -0.2) is 4.98 Å². The number of hydrogen-bond acceptors (Lipinski definition) is 6. The van der Waals surface area contributed by atoms with Gasteiger partial charge in [0.25, 0.3) is 0 Å². The Bertz CT molecular complexity index is 1690. The Balaban J connectivity index is 1.76. The van der Waals surface area contributed by atoms with Crippen molar-refractivity contribution in [1.82, 2.24) is 9.38 Å². The van der Waals surface area contributed by atoms with Gasteiger partial charge in [-0.05, 0) is 90.1 Å². The van der Waals surface area contributed by atoms with Crippen LogP contribution in [0.2, 0.25) is 0 Å². The molecule has 0 spiro atoms. The maximum Gasteiger partial charge on any atom is 0.416 e. The molecule has 41 heavy (non-hydrogen) atoms. The van der Waals surface area contributed by atoms with Crippen molar-refractivity contribution in [1.29, 1.82) is 0 Å². The summed E-state index contributed by atoms with van der Waals surface area (Å²) in [5, 5.41) is 3.64. The molecule has 0 saturated heterocycles. The van der Waals surface area contributed by atoms with Crippen LogP contribution in [-0.2, 0) is 16.3 Å². The Kier molecular flexibility index (Phi) is 8.14. The Morgan fingerprint density at radius 2 is 1.68 bits per heavy atom. The molecule has 12 heteroatoms. The lowest BCUT2D eigenvalue weighted by Gasteiger charge is -2.34. The molecule has 0 aliphatic rings. The van der Waals surface area contributed by atoms with Crippen molar-refractivity contribution in [3.8, 4) is 22.8 Å². The Morgan fingerprint density at radius 1 is 0.976 bits per heavy atom. The van der Waals surface area contributed by atoms with Crippen molar-refractivity contribution in [2.75, 3.05) is 12.4 Å². The minimum Gasteiger partial charge on any atom is -0.493 e. The molecule has 4 aromatic rings. The second-order valence-electron chi connectivity index (χ2n) is 11.6. The highest BCUT2D eigenvalue weighted by atomic mass is 79.9. The van der Waals surface area contributed by atoms with Crippen molar-refractivity contribution >= 4 is 37.5 Å². The first-order valence-electron chi connectivity index (χ1n) is 12.6. The molecule has 0 aliphatic carbocycles. The smallest absolute Gasteiger partial charge is 0.416 e. The van der Waals surface area contributed by atoms with Gasteiger partial charge in [-0.15, -0.1) is 0 Å². The van der Waals surface area contributed by atoms with Gasteiger partial charge in [-0.1, -0.05) is 26.8 Å². The first-order valence-corrected chi connectivity index (χ1v) is 14.8. The molecule has 0 unspecified atom stereocenters. The van der Waals surface area contributed by atoms with Crippen LogP contribution in [0.5, 0.6) is 11.5 Å². The summed E-state index contributed by atoms with van der Waals surface area (Å²) in [6.07, 6.45) is -1.95. The van der Waals surface area contributed by atoms with Crippen LogP contribution in [0.25, 0.3) is 16.9 Å². The number of ether oxygens (including phenoxy) is 1. The SMILES string of the molecule is COc1cc(-c2nc3ccc(Br)cn3c2NC(C)(C)CC(C)(C)C)ccc1OS(=O)(=O)c1cccc(C(F)(F)F)c1. The van der Waals surface area contributed by atoms with Crippen molar-refractivity contribution in [3.05, 3.63) is 70.8 Å². The molecular formula is C29H31BrF3N3O4S. The molecule has 0 aliphatic heterocycles. The highest BCUT2D eigenvalue weighted by Gasteiger charge is 2.32. The number of aromatic nitrogens is 2. The average Bonchev–Trinajstić information content (AvgIpc) is 3.18. The molecule has 4 rings (SSSR count). The second-order valence-corrected chi connectivity index (χ2v) is 14.0. The number of halogens is 4. The van der Waals surface area contributed by atoms with Gasteiger partial charge < -0.3 is 14.2 Å². The van der Waals surface area contributed by atoms with E-state index in [1.807, 2.05) is 22.7 Å². The monoisotopic (exact) mass is 653 g/mol. The molecule has 0 bridgehead atoms. The van der Waals surface area contributed by atoms with E-state index in [2.05, 4.69) is 55.9 Å². The lowest BCUT2D eigenvalue weighted by molar-refractivity contribution is -0.137. The normalized spacial score (nSPS) is 12.9. The zero-order chi connectivity index (χ0) is 30.4. The molecular weight excluding hydrogens is 623 g/mol. The summed E-state index contributed by atoms with van der Waals surface area (Å²) in [5.74, 6) is 0.613. The number of anilines is 1. The maximum absolute atomic E-state index is 13.2. The molecule has 0 saturated carbocycles. The number of imidazole rings is 1. The summed E-state index contributed by atoms with van der Waals surface area (Å²) < 4.78 is 78.7. The van der Waals surface area contributed by atoms with E-state index in [-0.39, 0.29) is 22.5 Å². The topological polar surface area (TPSA) is 81.9 Å². The van der Waals surface area contributed by atoms with Crippen molar-refractivity contribution < 1.29 is 30.5 Å². The van der Waals surface area contributed by atoms with Crippen LogP contribution in [0.1, 0.15) is 46.6 Å². The number of hydrogen-bond donors (Lipinski definition) is 1. The minimum absolute atomic E-state index is 0.0467. The average molecular weight is 655 g/mol. The van der Waals surface area contributed by atoms with Crippen LogP contribution in [0, 0.1) is 5.41 Å². The Labute approximate surface area is 246 Å². The summed E-state index contributed by atoms with van der Waals surface area (Å²) in [4.78, 5) is 4.20. The van der Waals surface area contributed by atoms with Crippen molar-refractivity contribution in [2.24, 2.45) is 5.41 Å². The van der Waals surface area contributed by atoms with E-state index in [1.54, 1.807) is 12.1 Å². The molecule has 0 atom stereocenters. The van der Waals surface area contributed by atoms with Crippen LogP contribution in [0.4, 0.5) is 19.0 Å². The van der Waals surface area contributed by atoms with Crippen LogP contribution >= 0.6 is 15.9 Å². The fourth-order valence-corrected chi connectivity index (χ4v) is 6.23. The molecule has 2 aromatic heterocycles. The van der Waals surface area contributed by atoms with Gasteiger partial charge in [0.15, 0.2) is 11.5 Å². The van der Waals surface area contributed by atoms with E-state index in [4.69, 9.17) is 13.9 Å². The zero-order valence-corrected chi connectivity index (χ0v) is 25.8. The quantitative estimate of drug-likeness (QED) is 0.193. The van der Waals surface area contributed by atoms with Gasteiger partial charge >= 0.3 is 16.3 Å². The molecule has 220 valence electrons. The van der Waals surface area contributed by atoms with Gasteiger partial charge in [-0.2, -0.15) is 21.6 Å². The van der Waals surface area contributed by atoms with E-state index in [0.717, 1.165) is 34.9 Å². The van der Waals surface area contributed by atoms with Crippen LogP contribution in [-0.4, -0.2) is 30.5 Å². The van der Waals surface area contributed by atoms with E-state index >= 15 is 0 Å². The van der Waals surface area contributed by atoms with Crippen LogP contribution in [0.3, 0.4) is 0 Å². The molecule has 1 N–H and O–H groups in total. The summed E-state index contributed by atoms with van der Waals surface area (Å²) in [6.45, 7) is 10.7. The zero-order valence-electron chi connectivity index (χ0n) is 23.4. The number of alkyl halides is 3. The van der Waals surface area contributed by atoms with Gasteiger partial charge in [0.2, 0.25) is 0 Å². The van der Waals surface area contributed by atoms with E-state index in [0.29, 0.717) is 23.0 Å². The maximum atomic E-state index is 13.2. The highest BCUT2D eigenvalue weighted by Crippen LogP contribution is 2.39. The largest absolute Gasteiger partial charge is 0.493 e. The predicted octanol–water partition coefficient (Wildman–Crippen LogP) is 8.19. The molecule has 0 amide bonds. The first kappa shape index (κ1) is 30.7. The summed E-state index contributed by atoms with van der Waals surface area (Å²) >= 11 is 3.52. The number of rotatable bonds is 8. The lowest BCUT2D eigenvalue weighted by atomic mass is 9.82. The number of benzene rings is 2. The number of fused-ring (bicyclic) bond motifs is 1. The standard InChI is InChI=1S/C29H31BrF3N3O4S/c1-27(2,3)17-28(4,5)35-26-25(34-24-13-11-20(30)16-36(24)26)18-10-12-22(23(14-18)39-6)40-41(37,38)21-9-7-8-19(15-21)29(31,32)33/h7-16,35H,17H2,1-6H3. The van der Waals surface area contributed by atoms with E-state index in [1.165, 1.54) is 13.2 Å². The fourth-order valence-electron chi connectivity index (χ4n) is 4.91. The first-order chi connectivity index (χ1) is 18.9. The fraction of sp³-hybridized carbons (Fsp3) is 0.345. The number of nitrogens with zero attached hydrogens (tertiary/aromatic N) is 2. The molecule has 2 aromatic carbocycles. The predicted molar refractivity (Wildman–Crippen MR) is 156 cm³/mol. The number of pyridine rings is 1. The van der Waals surface area contributed by atoms with Gasteiger partial charge in [0.05, 0.1) is 12.7 Å². The molecule has 0 fully saturated rings. The number of methoxy groups -OCH3 is 1. The highest BCUT2D eigenvalue weighted by molar-refractivity contribution is 9.10. The van der Waals surface area contributed by atoms with Crippen LogP contribution < -0.4 is 14.2 Å². The van der Waals surface area contributed by atoms with E-state index in [9.17, 15) is 21.6 Å². The third-order valence-corrected chi connectivity index (χ3v) is 7.80. The second kappa shape index (κ2) is 10.9. The lowest BCUT2D eigenvalue weighted by Crippen LogP contribution is -2.36. The molecule has 7 nitrogen and oxygen atoms in total. The van der Waals surface area contributed by atoms with E-state index < -0.39 is 26.8 Å². The van der Waals surface area contributed by atoms with Gasteiger partial charge in [-0.3, -0.25) is 4.40 Å². The Morgan fingerprint density at radius 3 is 2.32 bits per heavy atom. The van der Waals surface area contributed by atoms with Crippen LogP contribution in [0.15, 0.2) is 70.2 Å². The summed E-state index contributed by atoms with van der Waals surface area (Å²) in [7, 11) is -3.26. The molecule has 2 heterocycles. The van der Waals surface area contributed by atoms with Crippen molar-refractivity contribution in [3.63, 3.8) is 0 Å². The third kappa shape index (κ3) is 7.16. The summed E-state index contributed by atoms with van der Waals surface area (Å²) in [6, 6.07) is 11.7. The summed E-state index contributed by atoms with van der Waals surface area (Å²) in [5.41, 5.74) is 0.513. The third-order valence-electron chi connectivity index (χ3n) is 6.10. The van der Waals surface area contributed by atoms with Gasteiger partial charge in [0, 0.05) is 21.8 Å².